The maximum Gasteiger partial charge on any atom is 0.147 e. The lowest BCUT2D eigenvalue weighted by atomic mass is 10.00. The number of hydrogen-bond acceptors (Lipinski definition) is 5. The average molecular weight is 374 g/mol. The second-order valence-electron chi connectivity index (χ2n) is 6.82. The summed E-state index contributed by atoms with van der Waals surface area (Å²) < 4.78 is 11.2. The fraction of sp³-hybridized carbons (Fsp3) is 0.174. The SMILES string of the molecule is COc1ccc(C)cc1NC(c1ccco1)c1ccc2ccc(C)nc2c1O. The van der Waals surface area contributed by atoms with Crippen LogP contribution >= 0.6 is 0 Å². The number of phenolic OH excluding ortho intramolecular Hbond substituents is 1. The second-order valence-corrected chi connectivity index (χ2v) is 6.82. The van der Waals surface area contributed by atoms with E-state index < -0.39 is 6.04 Å². The Balaban J connectivity index is 1.86. The number of nitrogens with one attached hydrogen (secondary N) is 1. The van der Waals surface area contributed by atoms with Gasteiger partial charge in [0.1, 0.15) is 28.8 Å². The van der Waals surface area contributed by atoms with Gasteiger partial charge in [-0.15, -0.1) is 0 Å². The molecule has 0 aliphatic heterocycles. The molecule has 5 nitrogen and oxygen atoms in total. The number of fused-ring (bicyclic) bond motifs is 1. The lowest BCUT2D eigenvalue weighted by Gasteiger charge is -2.22. The summed E-state index contributed by atoms with van der Waals surface area (Å²) in [5.74, 6) is 1.55. The normalized spacial score (nSPS) is 12.1. The van der Waals surface area contributed by atoms with Gasteiger partial charge in [-0.25, -0.2) is 4.98 Å². The summed E-state index contributed by atoms with van der Waals surface area (Å²) in [4.78, 5) is 4.52. The highest BCUT2D eigenvalue weighted by molar-refractivity contribution is 5.86. The molecule has 5 heteroatoms. The van der Waals surface area contributed by atoms with Crippen LogP contribution in [0.5, 0.6) is 11.5 Å². The number of rotatable bonds is 5. The van der Waals surface area contributed by atoms with E-state index in [1.165, 1.54) is 0 Å². The Labute approximate surface area is 163 Å². The highest BCUT2D eigenvalue weighted by atomic mass is 16.5. The molecule has 0 amide bonds. The van der Waals surface area contributed by atoms with Crippen LogP contribution in [0.1, 0.15) is 28.6 Å². The third-order valence-corrected chi connectivity index (χ3v) is 4.80. The van der Waals surface area contributed by atoms with Gasteiger partial charge in [0, 0.05) is 16.6 Å². The molecule has 142 valence electrons. The molecule has 0 fully saturated rings. The van der Waals surface area contributed by atoms with Crippen molar-refractivity contribution in [1.29, 1.82) is 0 Å². The molecule has 4 aromatic rings. The average Bonchev–Trinajstić information content (AvgIpc) is 3.22. The molecule has 2 N–H and O–H groups in total. The molecule has 1 unspecified atom stereocenters. The third kappa shape index (κ3) is 3.27. The summed E-state index contributed by atoms with van der Waals surface area (Å²) in [6.07, 6.45) is 1.62. The highest BCUT2D eigenvalue weighted by Crippen LogP contribution is 2.38. The van der Waals surface area contributed by atoms with Crippen LogP contribution in [-0.2, 0) is 0 Å². The number of anilines is 1. The zero-order chi connectivity index (χ0) is 19.7. The first-order chi connectivity index (χ1) is 13.6. The van der Waals surface area contributed by atoms with E-state index in [0.717, 1.165) is 28.1 Å². The molecule has 4 rings (SSSR count). The predicted molar refractivity (Wildman–Crippen MR) is 110 cm³/mol. The van der Waals surface area contributed by atoms with Crippen molar-refractivity contribution in [2.24, 2.45) is 0 Å². The molecular formula is C23H22N2O3. The fourth-order valence-corrected chi connectivity index (χ4v) is 3.37. The van der Waals surface area contributed by atoms with Crippen LogP contribution in [0.15, 0.2) is 65.3 Å². The van der Waals surface area contributed by atoms with E-state index >= 15 is 0 Å². The highest BCUT2D eigenvalue weighted by Gasteiger charge is 2.23. The number of hydrogen-bond donors (Lipinski definition) is 2. The Hall–Kier alpha value is -3.47. The van der Waals surface area contributed by atoms with Gasteiger partial charge in [-0.1, -0.05) is 24.3 Å². The van der Waals surface area contributed by atoms with Crippen molar-refractivity contribution in [3.63, 3.8) is 0 Å². The Morgan fingerprint density at radius 1 is 1.07 bits per heavy atom. The molecule has 2 aromatic carbocycles. The van der Waals surface area contributed by atoms with Crippen LogP contribution in [0, 0.1) is 13.8 Å². The Morgan fingerprint density at radius 2 is 1.89 bits per heavy atom. The number of pyridine rings is 1. The molecule has 0 aliphatic rings. The van der Waals surface area contributed by atoms with Gasteiger partial charge in [0.15, 0.2) is 0 Å². The van der Waals surface area contributed by atoms with E-state index in [1.807, 2.05) is 68.4 Å². The van der Waals surface area contributed by atoms with E-state index in [-0.39, 0.29) is 5.75 Å². The molecule has 0 radical (unpaired) electrons. The van der Waals surface area contributed by atoms with Gasteiger partial charge in [-0.2, -0.15) is 0 Å². The summed E-state index contributed by atoms with van der Waals surface area (Å²) in [6.45, 7) is 3.93. The molecular weight excluding hydrogens is 352 g/mol. The molecule has 2 heterocycles. The summed E-state index contributed by atoms with van der Waals surface area (Å²) in [6, 6.07) is 17.0. The molecule has 1 atom stereocenters. The van der Waals surface area contributed by atoms with E-state index in [1.54, 1.807) is 13.4 Å². The summed E-state index contributed by atoms with van der Waals surface area (Å²) >= 11 is 0. The predicted octanol–water partition coefficient (Wildman–Crippen LogP) is 5.36. The monoisotopic (exact) mass is 374 g/mol. The Morgan fingerprint density at radius 3 is 2.64 bits per heavy atom. The summed E-state index contributed by atoms with van der Waals surface area (Å²) in [5, 5.41) is 15.4. The van der Waals surface area contributed by atoms with Gasteiger partial charge in [0.2, 0.25) is 0 Å². The largest absolute Gasteiger partial charge is 0.505 e. The number of furan rings is 1. The third-order valence-electron chi connectivity index (χ3n) is 4.80. The zero-order valence-electron chi connectivity index (χ0n) is 16.1. The number of phenols is 1. The molecule has 0 bridgehead atoms. The molecule has 28 heavy (non-hydrogen) atoms. The zero-order valence-corrected chi connectivity index (χ0v) is 16.1. The first kappa shape index (κ1) is 17.9. The van der Waals surface area contributed by atoms with Gasteiger partial charge >= 0.3 is 0 Å². The lowest BCUT2D eigenvalue weighted by Crippen LogP contribution is -2.13. The quantitative estimate of drug-likeness (QED) is 0.492. The van der Waals surface area contributed by atoms with Gasteiger partial charge in [-0.05, 0) is 49.7 Å². The van der Waals surface area contributed by atoms with E-state index in [9.17, 15) is 5.11 Å². The Bertz CT molecular complexity index is 1120. The first-order valence-corrected chi connectivity index (χ1v) is 9.10. The standard InChI is InChI=1S/C23H22N2O3/c1-14-6-11-19(27-3)18(13-14)25-22(20-5-4-12-28-20)17-10-9-16-8-7-15(2)24-21(16)23(17)26/h4-13,22,25-26H,1-3H3. The number of nitrogens with zero attached hydrogens (tertiary/aromatic N) is 1. The van der Waals surface area contributed by atoms with Crippen molar-refractivity contribution in [2.45, 2.75) is 19.9 Å². The number of ether oxygens (including phenoxy) is 1. The van der Waals surface area contributed by atoms with Crippen LogP contribution in [0.25, 0.3) is 10.9 Å². The van der Waals surface area contributed by atoms with Crippen LogP contribution in [0.4, 0.5) is 5.69 Å². The molecule has 0 saturated carbocycles. The van der Waals surface area contributed by atoms with E-state index in [4.69, 9.17) is 9.15 Å². The number of aromatic nitrogens is 1. The van der Waals surface area contributed by atoms with Crippen molar-refractivity contribution in [3.05, 3.63) is 83.4 Å². The van der Waals surface area contributed by atoms with Gasteiger partial charge < -0.3 is 19.6 Å². The van der Waals surface area contributed by atoms with Crippen molar-refractivity contribution in [2.75, 3.05) is 12.4 Å². The van der Waals surface area contributed by atoms with E-state index in [2.05, 4.69) is 10.3 Å². The van der Waals surface area contributed by atoms with Gasteiger partial charge in [0.05, 0.1) is 19.1 Å². The second kappa shape index (κ2) is 7.27. The maximum absolute atomic E-state index is 11.0. The lowest BCUT2D eigenvalue weighted by molar-refractivity contribution is 0.415. The molecule has 0 aliphatic carbocycles. The minimum atomic E-state index is -0.405. The number of aryl methyl sites for hydroxylation is 2. The molecule has 2 aromatic heterocycles. The van der Waals surface area contributed by atoms with Gasteiger partial charge in [0.25, 0.3) is 0 Å². The van der Waals surface area contributed by atoms with Crippen molar-refractivity contribution in [3.8, 4) is 11.5 Å². The smallest absolute Gasteiger partial charge is 0.147 e. The summed E-state index contributed by atoms with van der Waals surface area (Å²) in [7, 11) is 1.64. The first-order valence-electron chi connectivity index (χ1n) is 9.10. The molecule has 0 saturated heterocycles. The number of benzene rings is 2. The number of aromatic hydroxyl groups is 1. The fourth-order valence-electron chi connectivity index (χ4n) is 3.37. The minimum absolute atomic E-state index is 0.140. The summed E-state index contributed by atoms with van der Waals surface area (Å²) in [5.41, 5.74) is 4.03. The van der Waals surface area contributed by atoms with Crippen LogP contribution in [0.3, 0.4) is 0 Å². The number of methoxy groups -OCH3 is 1. The molecule has 0 spiro atoms. The van der Waals surface area contributed by atoms with Gasteiger partial charge in [-0.3, -0.25) is 0 Å². The Kier molecular flexibility index (Phi) is 4.65. The van der Waals surface area contributed by atoms with Crippen molar-refractivity contribution < 1.29 is 14.3 Å². The van der Waals surface area contributed by atoms with Crippen LogP contribution in [0.2, 0.25) is 0 Å². The van der Waals surface area contributed by atoms with Crippen LogP contribution in [-0.4, -0.2) is 17.2 Å². The van der Waals surface area contributed by atoms with Crippen LogP contribution < -0.4 is 10.1 Å². The van der Waals surface area contributed by atoms with E-state index in [0.29, 0.717) is 16.8 Å². The minimum Gasteiger partial charge on any atom is -0.505 e. The topological polar surface area (TPSA) is 67.5 Å². The van der Waals surface area contributed by atoms with Crippen molar-refractivity contribution in [1.82, 2.24) is 4.98 Å². The van der Waals surface area contributed by atoms with Crippen molar-refractivity contribution >= 4 is 16.6 Å². The maximum atomic E-state index is 11.0.